The molecule has 2 N–H and O–H groups in total. The molecule has 0 aliphatic rings. The SMILES string of the molecule is COc1cc(NC[C@H](C)O)ncn1. The van der Waals surface area contributed by atoms with Crippen LogP contribution in [0.15, 0.2) is 12.4 Å². The van der Waals surface area contributed by atoms with E-state index < -0.39 is 6.10 Å². The van der Waals surface area contributed by atoms with E-state index in [4.69, 9.17) is 9.84 Å². The van der Waals surface area contributed by atoms with Gasteiger partial charge in [-0.2, -0.15) is 0 Å². The fourth-order valence-electron chi connectivity index (χ4n) is 0.800. The highest BCUT2D eigenvalue weighted by molar-refractivity contribution is 5.36. The molecule has 1 aromatic heterocycles. The molecule has 0 saturated carbocycles. The topological polar surface area (TPSA) is 67.3 Å². The van der Waals surface area contributed by atoms with Gasteiger partial charge in [0, 0.05) is 12.6 Å². The summed E-state index contributed by atoms with van der Waals surface area (Å²) in [5.74, 6) is 1.15. The summed E-state index contributed by atoms with van der Waals surface area (Å²) in [7, 11) is 1.54. The van der Waals surface area contributed by atoms with Gasteiger partial charge in [-0.05, 0) is 6.92 Å². The van der Waals surface area contributed by atoms with E-state index >= 15 is 0 Å². The average molecular weight is 183 g/mol. The van der Waals surface area contributed by atoms with Crippen molar-refractivity contribution >= 4 is 5.82 Å². The molecule has 0 unspecified atom stereocenters. The van der Waals surface area contributed by atoms with Crippen molar-refractivity contribution in [3.05, 3.63) is 12.4 Å². The van der Waals surface area contributed by atoms with Crippen LogP contribution in [0.25, 0.3) is 0 Å². The molecule has 0 saturated heterocycles. The molecule has 1 heterocycles. The number of aromatic nitrogens is 2. The first-order valence-corrected chi connectivity index (χ1v) is 4.00. The Labute approximate surface area is 76.8 Å². The maximum Gasteiger partial charge on any atom is 0.218 e. The van der Waals surface area contributed by atoms with Gasteiger partial charge in [-0.1, -0.05) is 0 Å². The fraction of sp³-hybridized carbons (Fsp3) is 0.500. The zero-order valence-corrected chi connectivity index (χ0v) is 7.69. The summed E-state index contributed by atoms with van der Waals surface area (Å²) in [5, 5.41) is 11.9. The van der Waals surface area contributed by atoms with Crippen molar-refractivity contribution in [1.29, 1.82) is 0 Å². The minimum absolute atomic E-state index is 0.402. The monoisotopic (exact) mass is 183 g/mol. The normalized spacial score (nSPS) is 12.2. The van der Waals surface area contributed by atoms with Crippen LogP contribution in [0.4, 0.5) is 5.82 Å². The quantitative estimate of drug-likeness (QED) is 0.701. The summed E-state index contributed by atoms with van der Waals surface area (Å²) in [6.45, 7) is 2.16. The van der Waals surface area contributed by atoms with Crippen molar-refractivity contribution in [1.82, 2.24) is 9.97 Å². The lowest BCUT2D eigenvalue weighted by atomic mass is 10.4. The number of nitrogens with zero attached hydrogens (tertiary/aromatic N) is 2. The molecule has 0 spiro atoms. The molecule has 0 fully saturated rings. The van der Waals surface area contributed by atoms with E-state index in [2.05, 4.69) is 15.3 Å². The Bertz CT molecular complexity index is 265. The van der Waals surface area contributed by atoms with Crippen molar-refractivity contribution in [3.8, 4) is 5.88 Å². The van der Waals surface area contributed by atoms with Gasteiger partial charge >= 0.3 is 0 Å². The summed E-state index contributed by atoms with van der Waals surface area (Å²) < 4.78 is 4.91. The number of anilines is 1. The number of hydrogen-bond acceptors (Lipinski definition) is 5. The van der Waals surface area contributed by atoms with Gasteiger partial charge in [0.1, 0.15) is 12.1 Å². The number of aliphatic hydroxyl groups is 1. The smallest absolute Gasteiger partial charge is 0.218 e. The number of ether oxygens (including phenoxy) is 1. The van der Waals surface area contributed by atoms with Crippen LogP contribution in [0.2, 0.25) is 0 Å². The molecule has 1 aromatic rings. The molecule has 0 amide bonds. The zero-order valence-electron chi connectivity index (χ0n) is 7.69. The fourth-order valence-corrected chi connectivity index (χ4v) is 0.800. The summed E-state index contributed by atoms with van der Waals surface area (Å²) in [4.78, 5) is 7.80. The van der Waals surface area contributed by atoms with Gasteiger partial charge in [-0.25, -0.2) is 9.97 Å². The molecule has 0 aliphatic carbocycles. The number of nitrogens with one attached hydrogen (secondary N) is 1. The third-order valence-electron chi connectivity index (χ3n) is 1.43. The second-order valence-electron chi connectivity index (χ2n) is 2.68. The van der Waals surface area contributed by atoms with E-state index in [1.54, 1.807) is 20.1 Å². The highest BCUT2D eigenvalue weighted by Crippen LogP contribution is 2.09. The van der Waals surface area contributed by atoms with Gasteiger partial charge in [-0.15, -0.1) is 0 Å². The lowest BCUT2D eigenvalue weighted by Gasteiger charge is -2.07. The minimum Gasteiger partial charge on any atom is -0.481 e. The number of aliphatic hydroxyl groups excluding tert-OH is 1. The summed E-state index contributed by atoms with van der Waals surface area (Å²) in [6, 6.07) is 1.67. The van der Waals surface area contributed by atoms with Crippen LogP contribution in [0.5, 0.6) is 5.88 Å². The largest absolute Gasteiger partial charge is 0.481 e. The Morgan fingerprint density at radius 3 is 3.00 bits per heavy atom. The second-order valence-corrected chi connectivity index (χ2v) is 2.68. The summed E-state index contributed by atoms with van der Waals surface area (Å²) >= 11 is 0. The third kappa shape index (κ3) is 3.25. The van der Waals surface area contributed by atoms with Crippen LogP contribution in [0, 0.1) is 0 Å². The van der Waals surface area contributed by atoms with Gasteiger partial charge < -0.3 is 15.2 Å². The molecule has 5 nitrogen and oxygen atoms in total. The Kier molecular flexibility index (Phi) is 3.45. The van der Waals surface area contributed by atoms with Crippen LogP contribution in [0.3, 0.4) is 0 Å². The molecule has 1 atom stereocenters. The van der Waals surface area contributed by atoms with Crippen molar-refractivity contribution in [3.63, 3.8) is 0 Å². The van der Waals surface area contributed by atoms with Crippen molar-refractivity contribution in [2.24, 2.45) is 0 Å². The van der Waals surface area contributed by atoms with Crippen LogP contribution in [-0.4, -0.2) is 34.8 Å². The van der Waals surface area contributed by atoms with Gasteiger partial charge in [-0.3, -0.25) is 0 Å². The predicted octanol–water partition coefficient (Wildman–Crippen LogP) is 0.278. The second kappa shape index (κ2) is 4.61. The highest BCUT2D eigenvalue weighted by Gasteiger charge is 1.99. The summed E-state index contributed by atoms with van der Waals surface area (Å²) in [6.07, 6.45) is 1.00. The van der Waals surface area contributed by atoms with E-state index in [1.165, 1.54) is 6.33 Å². The third-order valence-corrected chi connectivity index (χ3v) is 1.43. The van der Waals surface area contributed by atoms with Crippen LogP contribution in [0.1, 0.15) is 6.92 Å². The van der Waals surface area contributed by atoms with Crippen LogP contribution in [-0.2, 0) is 0 Å². The van der Waals surface area contributed by atoms with E-state index in [-0.39, 0.29) is 0 Å². The lowest BCUT2D eigenvalue weighted by molar-refractivity contribution is 0.208. The molecular weight excluding hydrogens is 170 g/mol. The molecule has 0 radical (unpaired) electrons. The van der Waals surface area contributed by atoms with Crippen molar-refractivity contribution in [2.45, 2.75) is 13.0 Å². The van der Waals surface area contributed by atoms with Gasteiger partial charge in [0.05, 0.1) is 13.2 Å². The Morgan fingerprint density at radius 1 is 1.62 bits per heavy atom. The maximum absolute atomic E-state index is 9.00. The highest BCUT2D eigenvalue weighted by atomic mass is 16.5. The molecule has 13 heavy (non-hydrogen) atoms. The van der Waals surface area contributed by atoms with E-state index in [0.29, 0.717) is 18.2 Å². The molecular formula is C8H13N3O2. The molecule has 72 valence electrons. The van der Waals surface area contributed by atoms with E-state index in [0.717, 1.165) is 0 Å². The van der Waals surface area contributed by atoms with Gasteiger partial charge in [0.15, 0.2) is 0 Å². The standard InChI is InChI=1S/C8H13N3O2/c1-6(12)4-9-7-3-8(13-2)11-5-10-7/h3,5-6,12H,4H2,1-2H3,(H,9,10,11)/t6-/m0/s1. The van der Waals surface area contributed by atoms with Gasteiger partial charge in [0.25, 0.3) is 0 Å². The van der Waals surface area contributed by atoms with Crippen molar-refractivity contribution in [2.75, 3.05) is 19.0 Å². The molecule has 0 aromatic carbocycles. The maximum atomic E-state index is 9.00. The zero-order chi connectivity index (χ0) is 9.68. The predicted molar refractivity (Wildman–Crippen MR) is 48.8 cm³/mol. The molecule has 0 aliphatic heterocycles. The first-order valence-electron chi connectivity index (χ1n) is 4.00. The molecule has 1 rings (SSSR count). The Balaban J connectivity index is 2.56. The molecule has 5 heteroatoms. The van der Waals surface area contributed by atoms with E-state index in [9.17, 15) is 0 Å². The molecule has 0 bridgehead atoms. The van der Waals surface area contributed by atoms with Crippen molar-refractivity contribution < 1.29 is 9.84 Å². The first kappa shape index (κ1) is 9.73. The number of methoxy groups -OCH3 is 1. The minimum atomic E-state index is -0.402. The first-order chi connectivity index (χ1) is 6.22. The van der Waals surface area contributed by atoms with Crippen LogP contribution >= 0.6 is 0 Å². The van der Waals surface area contributed by atoms with E-state index in [1.807, 2.05) is 0 Å². The Morgan fingerprint density at radius 2 is 2.38 bits per heavy atom. The Hall–Kier alpha value is -1.36. The average Bonchev–Trinajstić information content (AvgIpc) is 2.15. The van der Waals surface area contributed by atoms with Gasteiger partial charge in [0.2, 0.25) is 5.88 Å². The summed E-state index contributed by atoms with van der Waals surface area (Å²) in [5.41, 5.74) is 0. The number of rotatable bonds is 4. The number of hydrogen-bond donors (Lipinski definition) is 2. The van der Waals surface area contributed by atoms with Crippen LogP contribution < -0.4 is 10.1 Å². The lowest BCUT2D eigenvalue weighted by Crippen LogP contribution is -2.16.